The van der Waals surface area contributed by atoms with Crippen LogP contribution in [-0.2, 0) is 15.6 Å². The summed E-state index contributed by atoms with van der Waals surface area (Å²) in [5.74, 6) is -0.140. The smallest absolute Gasteiger partial charge is 0.273 e. The molecule has 7 nitrogen and oxygen atoms in total. The summed E-state index contributed by atoms with van der Waals surface area (Å²) in [5.41, 5.74) is 1.99. The van der Waals surface area contributed by atoms with Crippen molar-refractivity contribution in [3.63, 3.8) is 0 Å². The topological polar surface area (TPSA) is 102 Å². The molecule has 180 valence electrons. The molecule has 0 saturated heterocycles. The maximum absolute atomic E-state index is 12.9. The van der Waals surface area contributed by atoms with Gasteiger partial charge in [0, 0.05) is 11.6 Å². The number of hydrogen-bond acceptors (Lipinski definition) is 5. The van der Waals surface area contributed by atoms with Crippen LogP contribution in [0.25, 0.3) is 0 Å². The third-order valence-corrected chi connectivity index (χ3v) is 6.64. The molecule has 2 aromatic rings. The van der Waals surface area contributed by atoms with Gasteiger partial charge in [-0.25, -0.2) is 0 Å². The van der Waals surface area contributed by atoms with Crippen molar-refractivity contribution in [3.05, 3.63) is 57.6 Å². The zero-order chi connectivity index (χ0) is 25.0. The van der Waals surface area contributed by atoms with E-state index in [-0.39, 0.29) is 28.0 Å². The molecular weight excluding hydrogens is 420 g/mol. The zero-order valence-corrected chi connectivity index (χ0v) is 20.7. The van der Waals surface area contributed by atoms with Gasteiger partial charge in [-0.2, -0.15) is 0 Å². The Kier molecular flexibility index (Phi) is 8.11. The normalized spacial score (nSPS) is 12.8. The average molecular weight is 457 g/mol. The van der Waals surface area contributed by atoms with Crippen LogP contribution in [-0.4, -0.2) is 22.0 Å². The van der Waals surface area contributed by atoms with E-state index < -0.39 is 16.9 Å². The summed E-state index contributed by atoms with van der Waals surface area (Å²) < 4.78 is 6.22. The predicted octanol–water partition coefficient (Wildman–Crippen LogP) is 6.47. The molecule has 0 saturated carbocycles. The quantitative estimate of drug-likeness (QED) is 0.242. The van der Waals surface area contributed by atoms with Gasteiger partial charge >= 0.3 is 0 Å². The minimum Gasteiger partial charge on any atom is -0.506 e. The van der Waals surface area contributed by atoms with E-state index in [4.69, 9.17) is 4.74 Å². The third kappa shape index (κ3) is 6.03. The number of rotatable bonds is 10. The van der Waals surface area contributed by atoms with Crippen LogP contribution in [0.3, 0.4) is 0 Å². The fraction of sp³-hybridized carbons (Fsp3) is 0.500. The van der Waals surface area contributed by atoms with Gasteiger partial charge in [0.15, 0.2) is 6.10 Å². The molecule has 7 heteroatoms. The van der Waals surface area contributed by atoms with Gasteiger partial charge in [-0.15, -0.1) is 0 Å². The lowest BCUT2D eigenvalue weighted by Gasteiger charge is -2.31. The van der Waals surface area contributed by atoms with E-state index in [1.54, 1.807) is 0 Å². The molecule has 0 bridgehead atoms. The Hall–Kier alpha value is -3.09. The number of nitrogens with one attached hydrogen (secondary N) is 1. The van der Waals surface area contributed by atoms with E-state index in [2.05, 4.69) is 59.0 Å². The average Bonchev–Trinajstić information content (AvgIpc) is 2.78. The number of hydrogen-bond donors (Lipinski definition) is 2. The highest BCUT2D eigenvalue weighted by Gasteiger charge is 2.29. The lowest BCUT2D eigenvalue weighted by Crippen LogP contribution is -2.33. The number of carbonyl (C=O) groups excluding carboxylic acids is 1. The van der Waals surface area contributed by atoms with E-state index in [1.807, 2.05) is 13.0 Å². The molecule has 0 spiro atoms. The first kappa shape index (κ1) is 26.2. The second kappa shape index (κ2) is 10.2. The van der Waals surface area contributed by atoms with Gasteiger partial charge in [-0.05, 0) is 47.8 Å². The van der Waals surface area contributed by atoms with Gasteiger partial charge in [-0.3, -0.25) is 14.9 Å². The van der Waals surface area contributed by atoms with Crippen molar-refractivity contribution in [1.29, 1.82) is 0 Å². The molecule has 1 atom stereocenters. The Bertz CT molecular complexity index is 1010. The minimum absolute atomic E-state index is 0.0199. The highest BCUT2D eigenvalue weighted by Crippen LogP contribution is 2.39. The van der Waals surface area contributed by atoms with E-state index >= 15 is 0 Å². The van der Waals surface area contributed by atoms with Gasteiger partial charge in [0.2, 0.25) is 0 Å². The second-order valence-corrected chi connectivity index (χ2v) is 9.65. The number of ether oxygens (including phenoxy) is 1. The van der Waals surface area contributed by atoms with Crippen molar-refractivity contribution in [2.45, 2.75) is 84.7 Å². The number of nitro benzene ring substituents is 1. The molecule has 0 heterocycles. The largest absolute Gasteiger partial charge is 0.506 e. The first-order valence-corrected chi connectivity index (χ1v) is 11.5. The summed E-state index contributed by atoms with van der Waals surface area (Å²) in [6, 6.07) is 9.74. The molecule has 0 aliphatic rings. The molecule has 0 unspecified atom stereocenters. The Balaban J connectivity index is 2.35. The number of carbonyl (C=O) groups is 1. The number of phenols is 1. The number of aromatic hydroxyl groups is 1. The number of amides is 1. The van der Waals surface area contributed by atoms with E-state index in [0.29, 0.717) is 12.2 Å². The van der Waals surface area contributed by atoms with Crippen molar-refractivity contribution < 1.29 is 19.6 Å². The number of nitro groups is 1. The van der Waals surface area contributed by atoms with E-state index in [9.17, 15) is 20.0 Å². The molecule has 2 aromatic carbocycles. The van der Waals surface area contributed by atoms with Crippen molar-refractivity contribution in [1.82, 2.24) is 0 Å². The van der Waals surface area contributed by atoms with Crippen molar-refractivity contribution in [3.8, 4) is 11.5 Å². The maximum Gasteiger partial charge on any atom is 0.273 e. The first-order valence-electron chi connectivity index (χ1n) is 11.5. The lowest BCUT2D eigenvalue weighted by atomic mass is 9.76. The molecular formula is C26H36N2O5. The van der Waals surface area contributed by atoms with E-state index in [1.165, 1.54) is 17.7 Å². The zero-order valence-electron chi connectivity index (χ0n) is 20.7. The first-order chi connectivity index (χ1) is 15.4. The highest BCUT2D eigenvalue weighted by molar-refractivity contribution is 5.95. The Morgan fingerprint density at radius 3 is 2.21 bits per heavy atom. The number of benzene rings is 2. The SMILES string of the molecule is CC[C@@H](Oc1ccc(C(C)(C)CC)cc1C(C)(C)CC)C(=O)Nc1ccc([N+](=O)[O-])cc1O. The third-order valence-electron chi connectivity index (χ3n) is 6.64. The minimum atomic E-state index is -0.795. The fourth-order valence-corrected chi connectivity index (χ4v) is 3.41. The summed E-state index contributed by atoms with van der Waals surface area (Å²) in [7, 11) is 0. The van der Waals surface area contributed by atoms with Crippen LogP contribution in [0.2, 0.25) is 0 Å². The van der Waals surface area contributed by atoms with Gasteiger partial charge < -0.3 is 15.2 Å². The van der Waals surface area contributed by atoms with Crippen LogP contribution >= 0.6 is 0 Å². The molecule has 1 amide bonds. The molecule has 0 aliphatic heterocycles. The summed E-state index contributed by atoms with van der Waals surface area (Å²) >= 11 is 0. The summed E-state index contributed by atoms with van der Waals surface area (Å²) in [5, 5.41) is 23.6. The van der Waals surface area contributed by atoms with Crippen LogP contribution in [0, 0.1) is 10.1 Å². The predicted molar refractivity (Wildman–Crippen MR) is 131 cm³/mol. The molecule has 0 aliphatic carbocycles. The molecule has 33 heavy (non-hydrogen) atoms. The number of phenolic OH excluding ortho intramolecular Hbond substituents is 1. The Morgan fingerprint density at radius 2 is 1.70 bits per heavy atom. The van der Waals surface area contributed by atoms with Gasteiger partial charge in [0.1, 0.15) is 11.5 Å². The van der Waals surface area contributed by atoms with Crippen molar-refractivity contribution in [2.75, 3.05) is 5.32 Å². The Morgan fingerprint density at radius 1 is 1.06 bits per heavy atom. The number of anilines is 1. The van der Waals surface area contributed by atoms with Crippen molar-refractivity contribution >= 4 is 17.3 Å². The van der Waals surface area contributed by atoms with E-state index in [0.717, 1.165) is 24.5 Å². The van der Waals surface area contributed by atoms with Crippen LogP contribution < -0.4 is 10.1 Å². The second-order valence-electron chi connectivity index (χ2n) is 9.65. The lowest BCUT2D eigenvalue weighted by molar-refractivity contribution is -0.384. The molecule has 0 radical (unpaired) electrons. The summed E-state index contributed by atoms with van der Waals surface area (Å²) in [6.45, 7) is 14.9. The summed E-state index contributed by atoms with van der Waals surface area (Å²) in [4.78, 5) is 23.2. The Labute approximate surface area is 196 Å². The monoisotopic (exact) mass is 456 g/mol. The standard InChI is InChI=1S/C26H36N2O5/c1-8-22(24(30)27-20-13-12-18(28(31)32)16-21(20)29)33-23-14-11-17(25(4,5)9-2)15-19(23)26(6,7)10-3/h11-16,22,29H,8-10H2,1-7H3,(H,27,30)/t22-/m1/s1. The number of non-ortho nitro benzene ring substituents is 1. The van der Waals surface area contributed by atoms with Gasteiger partial charge in [0.05, 0.1) is 16.7 Å². The van der Waals surface area contributed by atoms with Crippen LogP contribution in [0.15, 0.2) is 36.4 Å². The maximum atomic E-state index is 12.9. The fourth-order valence-electron chi connectivity index (χ4n) is 3.41. The van der Waals surface area contributed by atoms with Crippen LogP contribution in [0.1, 0.15) is 78.9 Å². The van der Waals surface area contributed by atoms with Crippen LogP contribution in [0.4, 0.5) is 11.4 Å². The van der Waals surface area contributed by atoms with Gasteiger partial charge in [0.25, 0.3) is 11.6 Å². The van der Waals surface area contributed by atoms with Crippen LogP contribution in [0.5, 0.6) is 11.5 Å². The summed E-state index contributed by atoms with van der Waals surface area (Å²) in [6.07, 6.45) is 1.51. The molecule has 0 fully saturated rings. The van der Waals surface area contributed by atoms with Crippen molar-refractivity contribution in [2.24, 2.45) is 0 Å². The molecule has 0 aromatic heterocycles. The van der Waals surface area contributed by atoms with Gasteiger partial charge in [-0.1, -0.05) is 60.6 Å². The highest BCUT2D eigenvalue weighted by atomic mass is 16.6. The molecule has 2 N–H and O–H groups in total. The number of nitrogens with zero attached hydrogens (tertiary/aromatic N) is 1. The molecule has 2 rings (SSSR count).